The van der Waals surface area contributed by atoms with E-state index in [-0.39, 0.29) is 5.91 Å². The lowest BCUT2D eigenvalue weighted by Gasteiger charge is -2.12. The van der Waals surface area contributed by atoms with Crippen molar-refractivity contribution in [1.29, 1.82) is 0 Å². The molecule has 2 aromatic carbocycles. The fourth-order valence-electron chi connectivity index (χ4n) is 2.12. The van der Waals surface area contributed by atoms with Crippen LogP contribution in [0, 0.1) is 0 Å². The van der Waals surface area contributed by atoms with Crippen molar-refractivity contribution in [3.8, 4) is 11.5 Å². The maximum Gasteiger partial charge on any atom is 0.251 e. The summed E-state index contributed by atoms with van der Waals surface area (Å²) < 4.78 is 12.0. The van der Waals surface area contributed by atoms with Gasteiger partial charge in [0.05, 0.1) is 13.2 Å². The minimum atomic E-state index is -0.144. The van der Waals surface area contributed by atoms with Crippen molar-refractivity contribution in [2.75, 3.05) is 13.2 Å². The monoisotopic (exact) mass is 377 g/mol. The second kappa shape index (κ2) is 8.58. The zero-order valence-corrected chi connectivity index (χ0v) is 14.9. The van der Waals surface area contributed by atoms with Gasteiger partial charge in [-0.15, -0.1) is 0 Å². The summed E-state index contributed by atoms with van der Waals surface area (Å²) in [4.78, 5) is 12.3. The van der Waals surface area contributed by atoms with Crippen molar-refractivity contribution in [3.63, 3.8) is 0 Å². The molecule has 4 nitrogen and oxygen atoms in total. The lowest BCUT2D eigenvalue weighted by atomic mass is 10.1. The number of rotatable bonds is 7. The third kappa shape index (κ3) is 4.99. The minimum absolute atomic E-state index is 0.144. The summed E-state index contributed by atoms with van der Waals surface area (Å²) in [5.41, 5.74) is 1.58. The van der Waals surface area contributed by atoms with E-state index in [0.29, 0.717) is 36.8 Å². The molecule has 1 amide bonds. The lowest BCUT2D eigenvalue weighted by Crippen LogP contribution is -2.22. The molecule has 5 heteroatoms. The Balaban J connectivity index is 2.07. The molecule has 1 N–H and O–H groups in total. The molecule has 0 heterocycles. The maximum atomic E-state index is 12.3. The fraction of sp³-hybridized carbons (Fsp3) is 0.278. The first-order valence-corrected chi connectivity index (χ1v) is 8.35. The van der Waals surface area contributed by atoms with E-state index in [1.165, 1.54) is 0 Å². The highest BCUT2D eigenvalue weighted by molar-refractivity contribution is 9.10. The number of nitrogens with one attached hydrogen (secondary N) is 1. The molecule has 0 aromatic heterocycles. The Morgan fingerprint density at radius 2 is 1.78 bits per heavy atom. The van der Waals surface area contributed by atoms with Crippen LogP contribution in [0.15, 0.2) is 46.9 Å². The average Bonchev–Trinajstić information content (AvgIpc) is 2.55. The van der Waals surface area contributed by atoms with Crippen LogP contribution in [-0.2, 0) is 6.54 Å². The van der Waals surface area contributed by atoms with Gasteiger partial charge in [-0.3, -0.25) is 4.79 Å². The molecule has 0 atom stereocenters. The Morgan fingerprint density at radius 1 is 1.04 bits per heavy atom. The molecule has 0 bridgehead atoms. The fourth-order valence-corrected chi connectivity index (χ4v) is 2.57. The Bertz CT molecular complexity index is 673. The van der Waals surface area contributed by atoms with E-state index < -0.39 is 0 Å². The Hall–Kier alpha value is -2.01. The number of hydrogen-bond donors (Lipinski definition) is 1. The van der Waals surface area contributed by atoms with Crippen LogP contribution in [0.4, 0.5) is 0 Å². The van der Waals surface area contributed by atoms with Gasteiger partial charge in [-0.2, -0.15) is 0 Å². The number of amides is 1. The summed E-state index contributed by atoms with van der Waals surface area (Å²) in [5.74, 6) is 1.09. The van der Waals surface area contributed by atoms with Crippen LogP contribution in [0.2, 0.25) is 0 Å². The SMILES string of the molecule is CCOc1ccc(C(=O)NCc2cccc(Br)c2)cc1OCC. The Kier molecular flexibility index (Phi) is 6.47. The quantitative estimate of drug-likeness (QED) is 0.787. The number of carbonyl (C=O) groups excluding carboxylic acids is 1. The van der Waals surface area contributed by atoms with E-state index in [1.807, 2.05) is 38.1 Å². The first-order valence-electron chi connectivity index (χ1n) is 7.56. The van der Waals surface area contributed by atoms with Crippen molar-refractivity contribution in [2.24, 2.45) is 0 Å². The van der Waals surface area contributed by atoms with Crippen LogP contribution in [0.5, 0.6) is 11.5 Å². The van der Waals surface area contributed by atoms with Gasteiger partial charge < -0.3 is 14.8 Å². The van der Waals surface area contributed by atoms with Crippen LogP contribution < -0.4 is 14.8 Å². The number of ether oxygens (including phenoxy) is 2. The Labute approximate surface area is 144 Å². The number of carbonyl (C=O) groups is 1. The number of halogens is 1. The Morgan fingerprint density at radius 3 is 2.48 bits per heavy atom. The van der Waals surface area contributed by atoms with Gasteiger partial charge in [0.25, 0.3) is 5.91 Å². The van der Waals surface area contributed by atoms with E-state index in [2.05, 4.69) is 21.2 Å². The molecular formula is C18H20BrNO3. The molecule has 0 unspecified atom stereocenters. The molecule has 0 fully saturated rings. The highest BCUT2D eigenvalue weighted by Gasteiger charge is 2.11. The van der Waals surface area contributed by atoms with Crippen LogP contribution in [0.3, 0.4) is 0 Å². The summed E-state index contributed by atoms with van der Waals surface area (Å²) in [7, 11) is 0. The average molecular weight is 378 g/mol. The van der Waals surface area contributed by atoms with Crippen LogP contribution in [-0.4, -0.2) is 19.1 Å². The topological polar surface area (TPSA) is 47.6 Å². The molecule has 0 radical (unpaired) electrons. The standard InChI is InChI=1S/C18H20BrNO3/c1-3-22-16-9-8-14(11-17(16)23-4-2)18(21)20-12-13-6-5-7-15(19)10-13/h5-11H,3-4,12H2,1-2H3,(H,20,21). The smallest absolute Gasteiger partial charge is 0.251 e. The molecule has 122 valence electrons. The molecule has 2 aromatic rings. The van der Waals surface area contributed by atoms with Crippen molar-refractivity contribution in [1.82, 2.24) is 5.32 Å². The number of hydrogen-bond acceptors (Lipinski definition) is 3. The second-order valence-corrected chi connectivity index (χ2v) is 5.76. The van der Waals surface area contributed by atoms with Gasteiger partial charge in [-0.05, 0) is 49.7 Å². The summed E-state index contributed by atoms with van der Waals surface area (Å²) in [6.45, 7) is 5.34. The van der Waals surface area contributed by atoms with Crippen molar-refractivity contribution in [3.05, 3.63) is 58.1 Å². The lowest BCUT2D eigenvalue weighted by molar-refractivity contribution is 0.0950. The zero-order valence-electron chi connectivity index (χ0n) is 13.3. The van der Waals surface area contributed by atoms with Gasteiger partial charge in [0.1, 0.15) is 0 Å². The third-order valence-electron chi connectivity index (χ3n) is 3.15. The highest BCUT2D eigenvalue weighted by atomic mass is 79.9. The van der Waals surface area contributed by atoms with Gasteiger partial charge in [-0.25, -0.2) is 0 Å². The van der Waals surface area contributed by atoms with E-state index in [4.69, 9.17) is 9.47 Å². The van der Waals surface area contributed by atoms with Crippen molar-refractivity contribution >= 4 is 21.8 Å². The predicted molar refractivity (Wildman–Crippen MR) is 94.1 cm³/mol. The molecular weight excluding hydrogens is 358 g/mol. The first-order chi connectivity index (χ1) is 11.1. The highest BCUT2D eigenvalue weighted by Crippen LogP contribution is 2.28. The van der Waals surface area contributed by atoms with Crippen molar-refractivity contribution < 1.29 is 14.3 Å². The van der Waals surface area contributed by atoms with Crippen LogP contribution >= 0.6 is 15.9 Å². The molecule has 0 aliphatic heterocycles. The predicted octanol–water partition coefficient (Wildman–Crippen LogP) is 4.18. The van der Waals surface area contributed by atoms with Crippen molar-refractivity contribution in [2.45, 2.75) is 20.4 Å². The molecule has 23 heavy (non-hydrogen) atoms. The van der Waals surface area contributed by atoms with Gasteiger partial charge in [0, 0.05) is 16.6 Å². The summed E-state index contributed by atoms with van der Waals surface area (Å²) in [5, 5.41) is 2.91. The van der Waals surface area contributed by atoms with Gasteiger partial charge >= 0.3 is 0 Å². The summed E-state index contributed by atoms with van der Waals surface area (Å²) >= 11 is 3.42. The molecule has 0 saturated carbocycles. The van der Waals surface area contributed by atoms with Gasteiger partial charge in [0.2, 0.25) is 0 Å². The molecule has 0 aliphatic carbocycles. The first kappa shape index (κ1) is 17.3. The third-order valence-corrected chi connectivity index (χ3v) is 3.64. The largest absolute Gasteiger partial charge is 0.490 e. The van der Waals surface area contributed by atoms with E-state index in [0.717, 1.165) is 10.0 Å². The van der Waals surface area contributed by atoms with E-state index in [9.17, 15) is 4.79 Å². The zero-order chi connectivity index (χ0) is 16.7. The molecule has 2 rings (SSSR count). The van der Waals surface area contributed by atoms with E-state index >= 15 is 0 Å². The molecule has 0 saturated heterocycles. The molecule has 0 aliphatic rings. The van der Waals surface area contributed by atoms with E-state index in [1.54, 1.807) is 18.2 Å². The summed E-state index contributed by atoms with van der Waals surface area (Å²) in [6, 6.07) is 13.1. The maximum absolute atomic E-state index is 12.3. The van der Waals surface area contributed by atoms with Crippen LogP contribution in [0.25, 0.3) is 0 Å². The summed E-state index contributed by atoms with van der Waals surface area (Å²) in [6.07, 6.45) is 0. The minimum Gasteiger partial charge on any atom is -0.490 e. The van der Waals surface area contributed by atoms with Gasteiger partial charge in [-0.1, -0.05) is 28.1 Å². The molecule has 0 spiro atoms. The normalized spacial score (nSPS) is 10.2. The van der Waals surface area contributed by atoms with Crippen LogP contribution in [0.1, 0.15) is 29.8 Å². The second-order valence-electron chi connectivity index (χ2n) is 4.84. The van der Waals surface area contributed by atoms with Gasteiger partial charge in [0.15, 0.2) is 11.5 Å². The number of benzene rings is 2.